The van der Waals surface area contributed by atoms with Crippen molar-refractivity contribution in [3.63, 3.8) is 0 Å². The zero-order chi connectivity index (χ0) is 9.35. The predicted molar refractivity (Wildman–Crippen MR) is 27.3 cm³/mol. The molecule has 2 nitrogen and oxygen atoms in total. The van der Waals surface area contributed by atoms with Crippen molar-refractivity contribution in [1.82, 2.24) is 9.78 Å². The van der Waals surface area contributed by atoms with Crippen LogP contribution in [0.4, 0.5) is 22.0 Å². The maximum absolute atomic E-state index is 11.7. The highest BCUT2D eigenvalue weighted by atomic mass is 19.4. The van der Waals surface area contributed by atoms with Crippen LogP contribution in [0, 0.1) is 6.07 Å². The fourth-order valence-corrected chi connectivity index (χ4v) is 0.539. The second-order valence-corrected chi connectivity index (χ2v) is 1.88. The van der Waals surface area contributed by atoms with Crippen LogP contribution in [0.25, 0.3) is 0 Å². The van der Waals surface area contributed by atoms with E-state index in [9.17, 15) is 22.0 Å². The standard InChI is InChI=1S/C5H2F5N2/c6-4(7)12-2-1-3(11-12)5(8,9)10/h2,4H. The van der Waals surface area contributed by atoms with Crippen LogP contribution in [0.2, 0.25) is 0 Å². The molecule has 1 radical (unpaired) electrons. The normalized spacial score (nSPS) is 12.5. The second-order valence-electron chi connectivity index (χ2n) is 1.88. The van der Waals surface area contributed by atoms with Gasteiger partial charge in [-0.1, -0.05) is 0 Å². The minimum absolute atomic E-state index is 0.108. The lowest BCUT2D eigenvalue weighted by Crippen LogP contribution is -2.08. The number of hydrogen-bond acceptors (Lipinski definition) is 1. The number of halogens is 5. The van der Waals surface area contributed by atoms with Crippen LogP contribution < -0.4 is 0 Å². The van der Waals surface area contributed by atoms with E-state index in [4.69, 9.17) is 0 Å². The third kappa shape index (κ3) is 1.72. The van der Waals surface area contributed by atoms with Gasteiger partial charge < -0.3 is 0 Å². The summed E-state index contributed by atoms with van der Waals surface area (Å²) in [4.78, 5) is 0. The lowest BCUT2D eigenvalue weighted by molar-refractivity contribution is -0.142. The summed E-state index contributed by atoms with van der Waals surface area (Å²) in [6.45, 7) is -3.07. The van der Waals surface area contributed by atoms with E-state index in [0.29, 0.717) is 6.20 Å². The fourth-order valence-electron chi connectivity index (χ4n) is 0.539. The van der Waals surface area contributed by atoms with Crippen LogP contribution in [0.5, 0.6) is 0 Å². The summed E-state index contributed by atoms with van der Waals surface area (Å²) in [5, 5.41) is 2.57. The molecule has 0 amide bonds. The van der Waals surface area contributed by atoms with Crippen LogP contribution in [0.3, 0.4) is 0 Å². The molecule has 0 aliphatic carbocycles. The summed E-state index contributed by atoms with van der Waals surface area (Å²) in [5.41, 5.74) is -1.44. The first-order chi connectivity index (χ1) is 5.41. The highest BCUT2D eigenvalue weighted by Crippen LogP contribution is 2.27. The molecule has 1 rings (SSSR count). The molecule has 0 aliphatic rings. The molecule has 0 aromatic carbocycles. The topological polar surface area (TPSA) is 17.8 Å². The highest BCUT2D eigenvalue weighted by molar-refractivity contribution is 5.00. The van der Waals surface area contributed by atoms with Crippen LogP contribution in [0.15, 0.2) is 6.20 Å². The van der Waals surface area contributed by atoms with Gasteiger partial charge in [-0.25, -0.2) is 4.68 Å². The maximum atomic E-state index is 11.7. The smallest absolute Gasteiger partial charge is 0.210 e. The molecular formula is C5H2F5N2. The molecule has 0 saturated heterocycles. The van der Waals surface area contributed by atoms with Gasteiger partial charge >= 0.3 is 12.7 Å². The van der Waals surface area contributed by atoms with Gasteiger partial charge in [0.2, 0.25) is 0 Å². The van der Waals surface area contributed by atoms with Crippen molar-refractivity contribution in [2.45, 2.75) is 12.7 Å². The average molecular weight is 185 g/mol. The van der Waals surface area contributed by atoms with E-state index in [2.05, 4.69) is 5.10 Å². The molecule has 0 atom stereocenters. The third-order valence-corrected chi connectivity index (χ3v) is 1.02. The Hall–Kier alpha value is -1.14. The summed E-state index contributed by atoms with van der Waals surface area (Å²) >= 11 is 0. The quantitative estimate of drug-likeness (QED) is 0.612. The van der Waals surface area contributed by atoms with Gasteiger partial charge in [-0.05, 0) is 0 Å². The largest absolute Gasteiger partial charge is 0.435 e. The van der Waals surface area contributed by atoms with Crippen molar-refractivity contribution in [3.8, 4) is 0 Å². The van der Waals surface area contributed by atoms with Crippen molar-refractivity contribution in [1.29, 1.82) is 0 Å². The van der Waals surface area contributed by atoms with Crippen molar-refractivity contribution in [2.24, 2.45) is 0 Å². The van der Waals surface area contributed by atoms with E-state index >= 15 is 0 Å². The Morgan fingerprint density at radius 2 is 2.00 bits per heavy atom. The third-order valence-electron chi connectivity index (χ3n) is 1.02. The second kappa shape index (κ2) is 2.72. The molecule has 1 heterocycles. The van der Waals surface area contributed by atoms with E-state index in [-0.39, 0.29) is 4.68 Å². The maximum Gasteiger partial charge on any atom is 0.435 e. The molecule has 1 aromatic rings. The molecule has 1 aromatic heterocycles. The van der Waals surface area contributed by atoms with Gasteiger partial charge in [0.1, 0.15) is 0 Å². The molecule has 67 valence electrons. The molecule has 0 unspecified atom stereocenters. The first-order valence-corrected chi connectivity index (χ1v) is 2.73. The van der Waals surface area contributed by atoms with Gasteiger partial charge in [0.05, 0.1) is 0 Å². The van der Waals surface area contributed by atoms with E-state index in [0.717, 1.165) is 0 Å². The molecule has 0 aliphatic heterocycles. The number of alkyl halides is 5. The van der Waals surface area contributed by atoms with Gasteiger partial charge in [-0.15, -0.1) is 0 Å². The highest BCUT2D eigenvalue weighted by Gasteiger charge is 2.34. The average Bonchev–Trinajstić information content (AvgIpc) is 2.30. The molecule has 0 N–H and O–H groups in total. The molecular weight excluding hydrogens is 183 g/mol. The summed E-state index contributed by atoms with van der Waals surface area (Å²) in [6.07, 6.45) is -4.27. The SMILES string of the molecule is FC(F)n1c[c]c(C(F)(F)F)n1. The van der Waals surface area contributed by atoms with Gasteiger partial charge in [0.15, 0.2) is 5.69 Å². The Morgan fingerprint density at radius 1 is 1.42 bits per heavy atom. The zero-order valence-corrected chi connectivity index (χ0v) is 5.44. The van der Waals surface area contributed by atoms with E-state index in [1.165, 1.54) is 0 Å². The van der Waals surface area contributed by atoms with Crippen LogP contribution in [-0.4, -0.2) is 9.78 Å². The van der Waals surface area contributed by atoms with Crippen LogP contribution >= 0.6 is 0 Å². The zero-order valence-electron chi connectivity index (χ0n) is 5.44. The summed E-state index contributed by atoms with van der Waals surface area (Å²) in [6, 6.07) is 1.57. The molecule has 12 heavy (non-hydrogen) atoms. The molecule has 0 bridgehead atoms. The minimum atomic E-state index is -4.72. The van der Waals surface area contributed by atoms with Crippen molar-refractivity contribution in [2.75, 3.05) is 0 Å². The Labute approximate surface area is 63.6 Å². The van der Waals surface area contributed by atoms with Crippen molar-refractivity contribution in [3.05, 3.63) is 18.0 Å². The van der Waals surface area contributed by atoms with E-state index < -0.39 is 18.4 Å². The Morgan fingerprint density at radius 3 is 2.25 bits per heavy atom. The van der Waals surface area contributed by atoms with Crippen molar-refractivity contribution < 1.29 is 22.0 Å². The van der Waals surface area contributed by atoms with E-state index in [1.807, 2.05) is 0 Å². The number of rotatable bonds is 1. The summed E-state index contributed by atoms with van der Waals surface area (Å²) < 4.78 is 58.4. The van der Waals surface area contributed by atoms with Gasteiger partial charge in [0, 0.05) is 12.3 Å². The van der Waals surface area contributed by atoms with E-state index in [1.54, 1.807) is 6.07 Å². The number of nitrogens with zero attached hydrogens (tertiary/aromatic N) is 2. The Bertz CT molecular complexity index is 263. The van der Waals surface area contributed by atoms with Gasteiger partial charge in [-0.3, -0.25) is 0 Å². The Balaban J connectivity index is 2.92. The van der Waals surface area contributed by atoms with Gasteiger partial charge in [0.25, 0.3) is 0 Å². The van der Waals surface area contributed by atoms with Gasteiger partial charge in [-0.2, -0.15) is 27.1 Å². The molecule has 0 spiro atoms. The Kier molecular flexibility index (Phi) is 2.03. The summed E-state index contributed by atoms with van der Waals surface area (Å²) in [7, 11) is 0. The first kappa shape index (κ1) is 8.95. The summed E-state index contributed by atoms with van der Waals surface area (Å²) in [5.74, 6) is 0. The predicted octanol–water partition coefficient (Wildman–Crippen LogP) is 2.10. The lowest BCUT2D eigenvalue weighted by Gasteiger charge is -2.00. The van der Waals surface area contributed by atoms with Crippen LogP contribution in [-0.2, 0) is 6.18 Å². The number of aromatic nitrogens is 2. The minimum Gasteiger partial charge on any atom is -0.210 e. The number of hydrogen-bond donors (Lipinski definition) is 0. The molecule has 7 heteroatoms. The molecule has 0 saturated carbocycles. The van der Waals surface area contributed by atoms with Crippen LogP contribution in [0.1, 0.15) is 12.2 Å². The van der Waals surface area contributed by atoms with Crippen molar-refractivity contribution >= 4 is 0 Å². The lowest BCUT2D eigenvalue weighted by atomic mass is 10.4. The molecule has 0 fully saturated rings. The monoisotopic (exact) mass is 185 g/mol. The first-order valence-electron chi connectivity index (χ1n) is 2.73. The fraction of sp³-hybridized carbons (Fsp3) is 0.400.